The lowest BCUT2D eigenvalue weighted by Crippen LogP contribution is -2.21. The van der Waals surface area contributed by atoms with Crippen LogP contribution < -0.4 is 5.32 Å². The fourth-order valence-electron chi connectivity index (χ4n) is 2.23. The van der Waals surface area contributed by atoms with Gasteiger partial charge in [0.15, 0.2) is 0 Å². The number of anilines is 1. The molecule has 1 aliphatic heterocycles. The van der Waals surface area contributed by atoms with Gasteiger partial charge in [0.2, 0.25) is 0 Å². The van der Waals surface area contributed by atoms with E-state index in [9.17, 15) is 4.79 Å². The fraction of sp³-hybridized carbons (Fsp3) is 0.250. The van der Waals surface area contributed by atoms with E-state index in [4.69, 9.17) is 0 Å². The van der Waals surface area contributed by atoms with Gasteiger partial charge in [0.1, 0.15) is 0 Å². The number of hydrogen-bond acceptors (Lipinski definition) is 2. The molecule has 0 bridgehead atoms. The number of carbonyl (C=O) groups excluding carboxylic acids is 1. The largest absolute Gasteiger partial charge is 0.321 e. The average molecular weight is 267 g/mol. The molecule has 4 nitrogen and oxygen atoms in total. The van der Waals surface area contributed by atoms with Crippen LogP contribution in [0, 0.1) is 0 Å². The number of carbonyl (C=O) groups is 1. The van der Waals surface area contributed by atoms with E-state index in [0.29, 0.717) is 5.57 Å². The zero-order valence-corrected chi connectivity index (χ0v) is 11.8. The van der Waals surface area contributed by atoms with Crippen molar-refractivity contribution in [2.45, 2.75) is 26.3 Å². The minimum Gasteiger partial charge on any atom is -0.321 e. The predicted molar refractivity (Wildman–Crippen MR) is 80.2 cm³/mol. The Balaban J connectivity index is 2.01. The molecule has 0 radical (unpaired) electrons. The van der Waals surface area contributed by atoms with E-state index in [1.54, 1.807) is 6.20 Å². The maximum atomic E-state index is 12.0. The third-order valence-electron chi connectivity index (χ3n) is 3.31. The molecular formula is C16H17N3O. The van der Waals surface area contributed by atoms with Crippen molar-refractivity contribution in [3.63, 3.8) is 0 Å². The normalized spacial score (nSPS) is 16.4. The van der Waals surface area contributed by atoms with Crippen molar-refractivity contribution in [3.05, 3.63) is 47.8 Å². The Bertz CT molecular complexity index is 705. The summed E-state index contributed by atoms with van der Waals surface area (Å²) in [6.45, 7) is 6.28. The van der Waals surface area contributed by atoms with E-state index < -0.39 is 0 Å². The number of aromatic nitrogens is 2. The molecule has 1 amide bonds. The lowest BCUT2D eigenvalue weighted by Gasteiger charge is -2.18. The summed E-state index contributed by atoms with van der Waals surface area (Å²) in [5, 5.41) is 7.22. The van der Waals surface area contributed by atoms with E-state index in [1.165, 1.54) is 0 Å². The summed E-state index contributed by atoms with van der Waals surface area (Å²) < 4.78 is 1.90. The van der Waals surface area contributed by atoms with E-state index in [1.807, 2.05) is 41.2 Å². The molecule has 2 heterocycles. The second-order valence-electron chi connectivity index (χ2n) is 5.95. The first-order chi connectivity index (χ1) is 9.45. The molecule has 0 spiro atoms. The highest BCUT2D eigenvalue weighted by Crippen LogP contribution is 2.32. The van der Waals surface area contributed by atoms with Crippen molar-refractivity contribution < 1.29 is 4.79 Å². The smallest absolute Gasteiger partial charge is 0.256 e. The van der Waals surface area contributed by atoms with Gasteiger partial charge in [0.25, 0.3) is 5.91 Å². The van der Waals surface area contributed by atoms with Gasteiger partial charge in [-0.25, -0.2) is 0 Å². The van der Waals surface area contributed by atoms with Crippen LogP contribution in [0.3, 0.4) is 0 Å². The van der Waals surface area contributed by atoms with Crippen molar-refractivity contribution in [3.8, 4) is 0 Å². The first-order valence-corrected chi connectivity index (χ1v) is 6.63. The van der Waals surface area contributed by atoms with Gasteiger partial charge in [-0.05, 0) is 32.9 Å². The number of hydrogen-bond donors (Lipinski definition) is 1. The van der Waals surface area contributed by atoms with Gasteiger partial charge in [-0.2, -0.15) is 5.10 Å². The molecule has 3 rings (SSSR count). The highest BCUT2D eigenvalue weighted by Gasteiger charge is 2.23. The van der Waals surface area contributed by atoms with Gasteiger partial charge < -0.3 is 5.32 Å². The lowest BCUT2D eigenvalue weighted by atomic mass is 10.1. The van der Waals surface area contributed by atoms with Gasteiger partial charge in [0.05, 0.1) is 11.7 Å². The molecular weight excluding hydrogens is 250 g/mol. The van der Waals surface area contributed by atoms with Crippen LogP contribution >= 0.6 is 0 Å². The first kappa shape index (κ1) is 12.7. The molecule has 0 aliphatic carbocycles. The number of rotatable bonds is 1. The highest BCUT2D eigenvalue weighted by molar-refractivity contribution is 6.34. The summed E-state index contributed by atoms with van der Waals surface area (Å²) in [6, 6.07) is 7.71. The Morgan fingerprint density at radius 1 is 1.25 bits per heavy atom. The number of benzene rings is 1. The summed E-state index contributed by atoms with van der Waals surface area (Å²) in [4.78, 5) is 12.0. The standard InChI is InChI=1S/C16H17N3O/c1-16(2,3)19-10-11(9-17-19)8-13-12-6-4-5-7-14(12)18-15(13)20/h4-10H,1-3H3,(H,18,20)/b13-8+. The first-order valence-electron chi connectivity index (χ1n) is 6.63. The number of fused-ring (bicyclic) bond motifs is 1. The third-order valence-corrected chi connectivity index (χ3v) is 3.31. The fourth-order valence-corrected chi connectivity index (χ4v) is 2.23. The number of nitrogens with one attached hydrogen (secondary N) is 1. The molecule has 2 aromatic rings. The van der Waals surface area contributed by atoms with E-state index >= 15 is 0 Å². The Labute approximate surface area is 118 Å². The molecule has 0 atom stereocenters. The molecule has 102 valence electrons. The van der Waals surface area contributed by atoms with Gasteiger partial charge in [-0.1, -0.05) is 18.2 Å². The molecule has 0 saturated heterocycles. The Hall–Kier alpha value is -2.36. The molecule has 0 unspecified atom stereocenters. The van der Waals surface area contributed by atoms with Crippen LogP contribution in [0.1, 0.15) is 31.9 Å². The predicted octanol–water partition coefficient (Wildman–Crippen LogP) is 3.13. The van der Waals surface area contributed by atoms with Gasteiger partial charge >= 0.3 is 0 Å². The van der Waals surface area contributed by atoms with Gasteiger partial charge in [-0.3, -0.25) is 9.48 Å². The molecule has 20 heavy (non-hydrogen) atoms. The number of para-hydroxylation sites is 1. The second kappa shape index (κ2) is 4.34. The van der Waals surface area contributed by atoms with Crippen molar-refractivity contribution >= 4 is 23.2 Å². The van der Waals surface area contributed by atoms with Crippen LogP contribution in [-0.2, 0) is 10.3 Å². The molecule has 1 aromatic carbocycles. The summed E-state index contributed by atoms with van der Waals surface area (Å²) in [5.74, 6) is -0.0605. The Kier molecular flexibility index (Phi) is 2.74. The molecule has 0 saturated carbocycles. The molecule has 1 aromatic heterocycles. The van der Waals surface area contributed by atoms with Crippen molar-refractivity contribution in [2.24, 2.45) is 0 Å². The van der Waals surface area contributed by atoms with Crippen LogP contribution in [0.15, 0.2) is 36.7 Å². The molecule has 0 fully saturated rings. The zero-order valence-electron chi connectivity index (χ0n) is 11.8. The van der Waals surface area contributed by atoms with E-state index in [2.05, 4.69) is 31.2 Å². The van der Waals surface area contributed by atoms with Crippen LogP contribution in [0.4, 0.5) is 5.69 Å². The highest BCUT2D eigenvalue weighted by atomic mass is 16.2. The van der Waals surface area contributed by atoms with Gasteiger partial charge in [-0.15, -0.1) is 0 Å². The second-order valence-corrected chi connectivity index (χ2v) is 5.95. The summed E-state index contributed by atoms with van der Waals surface area (Å²) >= 11 is 0. The van der Waals surface area contributed by atoms with E-state index in [0.717, 1.165) is 16.8 Å². The van der Waals surface area contributed by atoms with Crippen LogP contribution in [0.2, 0.25) is 0 Å². The van der Waals surface area contributed by atoms with Crippen molar-refractivity contribution in [2.75, 3.05) is 5.32 Å². The molecule has 1 N–H and O–H groups in total. The summed E-state index contributed by atoms with van der Waals surface area (Å²) in [7, 11) is 0. The Morgan fingerprint density at radius 3 is 2.70 bits per heavy atom. The zero-order chi connectivity index (χ0) is 14.3. The number of amides is 1. The van der Waals surface area contributed by atoms with Crippen molar-refractivity contribution in [1.82, 2.24) is 9.78 Å². The number of nitrogens with zero attached hydrogens (tertiary/aromatic N) is 2. The Morgan fingerprint density at radius 2 is 2.00 bits per heavy atom. The molecule has 1 aliphatic rings. The van der Waals surface area contributed by atoms with Crippen molar-refractivity contribution in [1.29, 1.82) is 0 Å². The van der Waals surface area contributed by atoms with Crippen LogP contribution in [0.25, 0.3) is 11.6 Å². The average Bonchev–Trinajstić information content (AvgIpc) is 2.95. The topological polar surface area (TPSA) is 46.9 Å². The van der Waals surface area contributed by atoms with Crippen LogP contribution in [-0.4, -0.2) is 15.7 Å². The maximum absolute atomic E-state index is 12.0. The van der Waals surface area contributed by atoms with Gasteiger partial charge in [0, 0.05) is 28.6 Å². The maximum Gasteiger partial charge on any atom is 0.256 e. The van der Waals surface area contributed by atoms with E-state index in [-0.39, 0.29) is 11.4 Å². The molecule has 4 heteroatoms. The minimum atomic E-state index is -0.0629. The quantitative estimate of drug-likeness (QED) is 0.807. The summed E-state index contributed by atoms with van der Waals surface area (Å²) in [6.07, 6.45) is 5.63. The monoisotopic (exact) mass is 267 g/mol. The SMILES string of the molecule is CC(C)(C)n1cc(/C=C2/C(=O)Nc3ccccc32)cn1. The third kappa shape index (κ3) is 2.13. The van der Waals surface area contributed by atoms with Crippen LogP contribution in [0.5, 0.6) is 0 Å². The lowest BCUT2D eigenvalue weighted by molar-refractivity contribution is -0.110. The summed E-state index contributed by atoms with van der Waals surface area (Å²) in [5.41, 5.74) is 3.37. The minimum absolute atomic E-state index is 0.0605.